The van der Waals surface area contributed by atoms with E-state index in [1.807, 2.05) is 0 Å². The van der Waals surface area contributed by atoms with Crippen molar-refractivity contribution in [2.75, 3.05) is 39.5 Å². The summed E-state index contributed by atoms with van der Waals surface area (Å²) in [6.45, 7) is 3.84. The van der Waals surface area contributed by atoms with E-state index in [9.17, 15) is 13.2 Å². The molecule has 0 radical (unpaired) electrons. The third-order valence-corrected chi connectivity index (χ3v) is 5.13. The second-order valence-corrected chi connectivity index (χ2v) is 7.12. The van der Waals surface area contributed by atoms with Gasteiger partial charge in [-0.15, -0.1) is 0 Å². The van der Waals surface area contributed by atoms with E-state index in [0.29, 0.717) is 38.3 Å². The number of rotatable bonds is 6. The van der Waals surface area contributed by atoms with E-state index in [4.69, 9.17) is 9.84 Å². The summed E-state index contributed by atoms with van der Waals surface area (Å²) in [6.07, 6.45) is 0.338. The summed E-state index contributed by atoms with van der Waals surface area (Å²) in [5, 5.41) is 8.74. The smallest absolute Gasteiger partial charge is 0.254 e. The highest BCUT2D eigenvalue weighted by atomic mass is 32.2. The molecule has 1 amide bonds. The molecule has 0 unspecified atom stereocenters. The average Bonchev–Trinajstić information content (AvgIpc) is 2.55. The van der Waals surface area contributed by atoms with Crippen LogP contribution < -0.4 is 4.72 Å². The van der Waals surface area contributed by atoms with Crippen molar-refractivity contribution in [3.63, 3.8) is 0 Å². The third-order valence-electron chi connectivity index (χ3n) is 3.68. The largest absolute Gasteiger partial charge is 0.396 e. The van der Waals surface area contributed by atoms with Crippen molar-refractivity contribution in [2.24, 2.45) is 0 Å². The fraction of sp³-hybridized carbons (Fsp3) is 0.533. The molecule has 0 bridgehead atoms. The number of aliphatic hydroxyl groups excluding tert-OH is 1. The van der Waals surface area contributed by atoms with Crippen molar-refractivity contribution >= 4 is 15.9 Å². The summed E-state index contributed by atoms with van der Waals surface area (Å²) in [5.74, 6) is -0.182. The lowest BCUT2D eigenvalue weighted by molar-refractivity contribution is 0.0302. The van der Waals surface area contributed by atoms with E-state index in [0.717, 1.165) is 5.56 Å². The standard InChI is InChI=1S/C15H22N2O5S/c1-12-3-4-13(23(20,21)16-5-2-8-18)11-14(12)15(19)17-6-9-22-10-7-17/h3-4,11,16,18H,2,5-10H2,1H3. The lowest BCUT2D eigenvalue weighted by atomic mass is 10.1. The number of carbonyl (C=O) groups is 1. The minimum atomic E-state index is -3.69. The molecule has 7 nitrogen and oxygen atoms in total. The molecule has 2 N–H and O–H groups in total. The first-order valence-electron chi connectivity index (χ1n) is 7.54. The van der Waals surface area contributed by atoms with Crippen LogP contribution in [0.25, 0.3) is 0 Å². The van der Waals surface area contributed by atoms with Crippen LogP contribution in [-0.4, -0.2) is 63.8 Å². The van der Waals surface area contributed by atoms with Crippen molar-refractivity contribution in [1.82, 2.24) is 9.62 Å². The quantitative estimate of drug-likeness (QED) is 0.717. The molecular weight excluding hydrogens is 320 g/mol. The molecule has 1 aromatic rings. The van der Waals surface area contributed by atoms with Crippen LogP contribution in [0.3, 0.4) is 0 Å². The molecule has 1 fully saturated rings. The number of aliphatic hydroxyl groups is 1. The Kier molecular flexibility index (Phi) is 6.11. The topological polar surface area (TPSA) is 95.9 Å². The van der Waals surface area contributed by atoms with Crippen LogP contribution in [-0.2, 0) is 14.8 Å². The summed E-state index contributed by atoms with van der Waals surface area (Å²) < 4.78 is 32.1. The van der Waals surface area contributed by atoms with Gasteiger partial charge in [-0.1, -0.05) is 6.07 Å². The van der Waals surface area contributed by atoms with Gasteiger partial charge in [-0.25, -0.2) is 13.1 Å². The van der Waals surface area contributed by atoms with E-state index >= 15 is 0 Å². The van der Waals surface area contributed by atoms with Crippen LogP contribution in [0, 0.1) is 6.92 Å². The van der Waals surface area contributed by atoms with Crippen molar-refractivity contribution in [1.29, 1.82) is 0 Å². The van der Waals surface area contributed by atoms with Crippen molar-refractivity contribution in [2.45, 2.75) is 18.2 Å². The van der Waals surface area contributed by atoms with Crippen molar-refractivity contribution < 1.29 is 23.1 Å². The van der Waals surface area contributed by atoms with Gasteiger partial charge in [0, 0.05) is 31.8 Å². The molecule has 2 rings (SSSR count). The van der Waals surface area contributed by atoms with Gasteiger partial charge in [-0.2, -0.15) is 0 Å². The van der Waals surface area contributed by atoms with Crippen LogP contribution in [0.15, 0.2) is 23.1 Å². The highest BCUT2D eigenvalue weighted by molar-refractivity contribution is 7.89. The fourth-order valence-electron chi connectivity index (χ4n) is 2.30. The predicted molar refractivity (Wildman–Crippen MR) is 84.8 cm³/mol. The Hall–Kier alpha value is -1.48. The Morgan fingerprint density at radius 1 is 1.35 bits per heavy atom. The second kappa shape index (κ2) is 7.87. The number of benzene rings is 1. The SMILES string of the molecule is Cc1ccc(S(=O)(=O)NCCCO)cc1C(=O)N1CCOCC1. The molecule has 8 heteroatoms. The average molecular weight is 342 g/mol. The van der Waals surface area contributed by atoms with E-state index in [1.165, 1.54) is 12.1 Å². The molecular formula is C15H22N2O5S. The molecule has 0 aromatic heterocycles. The molecule has 1 saturated heterocycles. The van der Waals surface area contributed by atoms with Gasteiger partial charge >= 0.3 is 0 Å². The first-order valence-corrected chi connectivity index (χ1v) is 9.02. The van der Waals surface area contributed by atoms with Gasteiger partial charge in [0.15, 0.2) is 0 Å². The minimum absolute atomic E-state index is 0.0534. The lowest BCUT2D eigenvalue weighted by Crippen LogP contribution is -2.41. The maximum atomic E-state index is 12.6. The maximum absolute atomic E-state index is 12.6. The van der Waals surface area contributed by atoms with Gasteiger partial charge in [0.2, 0.25) is 10.0 Å². The summed E-state index contributed by atoms with van der Waals surface area (Å²) in [6, 6.07) is 4.52. The highest BCUT2D eigenvalue weighted by Crippen LogP contribution is 2.18. The Morgan fingerprint density at radius 3 is 2.70 bits per heavy atom. The molecule has 1 aliphatic rings. The number of carbonyl (C=O) groups excluding carboxylic acids is 1. The van der Waals surface area contributed by atoms with E-state index in [-0.39, 0.29) is 24.0 Å². The first kappa shape index (κ1) is 17.9. The van der Waals surface area contributed by atoms with E-state index in [2.05, 4.69) is 4.72 Å². The van der Waals surface area contributed by atoms with Crippen molar-refractivity contribution in [3.8, 4) is 0 Å². The molecule has 0 saturated carbocycles. The maximum Gasteiger partial charge on any atom is 0.254 e. The van der Waals surface area contributed by atoms with Crippen molar-refractivity contribution in [3.05, 3.63) is 29.3 Å². The van der Waals surface area contributed by atoms with Gasteiger partial charge in [0.25, 0.3) is 5.91 Å². The predicted octanol–water partition coefficient (Wildman–Crippen LogP) is 0.128. The third kappa shape index (κ3) is 4.51. The summed E-state index contributed by atoms with van der Waals surface area (Å²) >= 11 is 0. The normalized spacial score (nSPS) is 15.7. The number of ether oxygens (including phenoxy) is 1. The summed E-state index contributed by atoms with van der Waals surface area (Å²) in [4.78, 5) is 14.3. The summed E-state index contributed by atoms with van der Waals surface area (Å²) in [7, 11) is -3.69. The van der Waals surface area contributed by atoms with Crippen LogP contribution in [0.1, 0.15) is 22.3 Å². The molecule has 0 atom stereocenters. The Morgan fingerprint density at radius 2 is 2.04 bits per heavy atom. The molecule has 0 aliphatic carbocycles. The number of hydrogen-bond acceptors (Lipinski definition) is 5. The van der Waals surface area contributed by atoms with Gasteiger partial charge in [0.1, 0.15) is 0 Å². The number of nitrogens with one attached hydrogen (secondary N) is 1. The van der Waals surface area contributed by atoms with Crippen LogP contribution in [0.4, 0.5) is 0 Å². The van der Waals surface area contributed by atoms with Gasteiger partial charge in [-0.05, 0) is 31.0 Å². The molecule has 128 valence electrons. The zero-order valence-corrected chi connectivity index (χ0v) is 13.9. The first-order chi connectivity index (χ1) is 11.0. The Labute approximate surface area is 136 Å². The Balaban J connectivity index is 2.22. The highest BCUT2D eigenvalue weighted by Gasteiger charge is 2.22. The van der Waals surface area contributed by atoms with E-state index < -0.39 is 10.0 Å². The summed E-state index contributed by atoms with van der Waals surface area (Å²) in [5.41, 5.74) is 1.12. The molecule has 0 spiro atoms. The monoisotopic (exact) mass is 342 g/mol. The molecule has 1 aromatic carbocycles. The molecule has 23 heavy (non-hydrogen) atoms. The fourth-order valence-corrected chi connectivity index (χ4v) is 3.40. The zero-order chi connectivity index (χ0) is 16.9. The number of sulfonamides is 1. The Bertz CT molecular complexity index is 654. The number of aryl methyl sites for hydroxylation is 1. The van der Waals surface area contributed by atoms with Crippen LogP contribution >= 0.6 is 0 Å². The van der Waals surface area contributed by atoms with E-state index in [1.54, 1.807) is 17.9 Å². The molecule has 1 aliphatic heterocycles. The van der Waals surface area contributed by atoms with Gasteiger partial charge < -0.3 is 14.7 Å². The number of morpholine rings is 1. The zero-order valence-electron chi connectivity index (χ0n) is 13.1. The number of nitrogens with zero attached hydrogens (tertiary/aromatic N) is 1. The van der Waals surface area contributed by atoms with Crippen LogP contribution in [0.5, 0.6) is 0 Å². The van der Waals surface area contributed by atoms with Gasteiger partial charge in [-0.3, -0.25) is 4.79 Å². The number of amides is 1. The second-order valence-electron chi connectivity index (χ2n) is 5.36. The van der Waals surface area contributed by atoms with Gasteiger partial charge in [0.05, 0.1) is 18.1 Å². The lowest BCUT2D eigenvalue weighted by Gasteiger charge is -2.27. The minimum Gasteiger partial charge on any atom is -0.396 e. The number of hydrogen-bond donors (Lipinski definition) is 2. The molecule has 1 heterocycles. The van der Waals surface area contributed by atoms with Crippen LogP contribution in [0.2, 0.25) is 0 Å².